The highest BCUT2D eigenvalue weighted by Gasteiger charge is 2.23. The molecule has 2 N–H and O–H groups in total. The van der Waals surface area contributed by atoms with Crippen LogP contribution in [0.3, 0.4) is 0 Å². The van der Waals surface area contributed by atoms with Crippen molar-refractivity contribution < 1.29 is 32.9 Å². The summed E-state index contributed by atoms with van der Waals surface area (Å²) in [4.78, 5) is 25.6. The van der Waals surface area contributed by atoms with Crippen molar-refractivity contribution >= 4 is 13.7 Å². The Morgan fingerprint density at radius 2 is 0.744 bits per heavy atom. The first kappa shape index (κ1) is 78.9. The maximum atomic E-state index is 13.0. The Kier molecular flexibility index (Phi) is 60.1. The lowest BCUT2D eigenvalue weighted by Crippen LogP contribution is -2.45. The van der Waals surface area contributed by atoms with Gasteiger partial charge in [-0.15, -0.1) is 0 Å². The van der Waals surface area contributed by atoms with Crippen molar-refractivity contribution in [1.82, 2.24) is 5.32 Å². The Bertz CT molecular complexity index is 1750. The Hall–Kier alpha value is -3.10. The number of aliphatic hydroxyl groups excluding tert-OH is 1. The molecule has 0 aromatic rings. The van der Waals surface area contributed by atoms with Crippen molar-refractivity contribution in [1.29, 1.82) is 0 Å². The van der Waals surface area contributed by atoms with Crippen LogP contribution in [0.1, 0.15) is 284 Å². The van der Waals surface area contributed by atoms with E-state index in [9.17, 15) is 19.4 Å². The lowest BCUT2D eigenvalue weighted by Gasteiger charge is -2.29. The minimum atomic E-state index is -4.61. The van der Waals surface area contributed by atoms with E-state index in [-0.39, 0.29) is 19.1 Å². The number of carbonyl (C=O) groups is 1. The van der Waals surface area contributed by atoms with Gasteiger partial charge in [0.1, 0.15) is 13.2 Å². The minimum Gasteiger partial charge on any atom is -0.756 e. The lowest BCUT2D eigenvalue weighted by molar-refractivity contribution is -0.870. The van der Waals surface area contributed by atoms with Crippen LogP contribution >= 0.6 is 7.82 Å². The molecule has 0 aliphatic heterocycles. The van der Waals surface area contributed by atoms with E-state index in [0.717, 1.165) is 109 Å². The second kappa shape index (κ2) is 62.4. The number of hydrogen-bond acceptors (Lipinski definition) is 6. The predicted octanol–water partition coefficient (Wildman–Crippen LogP) is 21.0. The number of quaternary nitrogens is 1. The number of unbranched alkanes of at least 4 members (excludes halogenated alkanes) is 30. The molecule has 3 unspecified atom stereocenters. The number of carbonyl (C=O) groups excluding carboxylic acids is 1. The van der Waals surface area contributed by atoms with Gasteiger partial charge in [0.15, 0.2) is 0 Å². The van der Waals surface area contributed by atoms with Crippen LogP contribution in [0.4, 0.5) is 0 Å². The molecule has 472 valence electrons. The van der Waals surface area contributed by atoms with Crippen LogP contribution in [0.25, 0.3) is 0 Å². The number of hydrogen-bond donors (Lipinski definition) is 2. The molecule has 1 amide bonds. The summed E-state index contributed by atoms with van der Waals surface area (Å²) in [5.41, 5.74) is 0. The molecule has 0 aliphatic carbocycles. The van der Waals surface area contributed by atoms with Crippen LogP contribution in [0.15, 0.2) is 122 Å². The standard InChI is InChI=1S/C73H129N2O6P/c1-6-8-10-12-14-16-18-20-22-24-26-28-30-31-32-33-34-35-36-37-38-39-40-41-42-43-45-47-49-51-53-55-57-59-61-63-65-67-73(77)74-71(70-81-82(78,79)80-69-68-75(3,4)5)72(76)66-64-62-60-58-56-54-52-50-48-46-44-29-27-25-23-21-19-17-15-13-11-9-7-2/h8,10,14,16,20,22,26,28,31-32,34-35,37-38,40-41,43,45,64,66,71-72,76H,6-7,9,11-13,15,17-19,21,23-25,27,29-30,33,36,39,42,44,46-63,65,67-70H2,1-5H3,(H-,74,77,78,79)/b10-8-,16-14-,22-20-,28-26-,32-31-,35-34-,38-37-,41-40-,45-43-,66-64+. The summed E-state index contributed by atoms with van der Waals surface area (Å²) < 4.78 is 23.4. The van der Waals surface area contributed by atoms with Gasteiger partial charge in [-0.1, -0.05) is 309 Å². The zero-order chi connectivity index (χ0) is 59.8. The van der Waals surface area contributed by atoms with Crippen LogP contribution in [-0.2, 0) is 18.4 Å². The molecule has 0 radical (unpaired) electrons. The van der Waals surface area contributed by atoms with E-state index in [1.54, 1.807) is 6.08 Å². The molecule has 3 atom stereocenters. The molecule has 0 saturated carbocycles. The van der Waals surface area contributed by atoms with Gasteiger partial charge in [-0.25, -0.2) is 0 Å². The van der Waals surface area contributed by atoms with Crippen LogP contribution < -0.4 is 10.2 Å². The summed E-state index contributed by atoms with van der Waals surface area (Å²) >= 11 is 0. The van der Waals surface area contributed by atoms with Gasteiger partial charge in [0, 0.05) is 6.42 Å². The third kappa shape index (κ3) is 64.5. The molecule has 8 nitrogen and oxygen atoms in total. The zero-order valence-corrected chi connectivity index (χ0v) is 54.8. The molecule has 0 rings (SSSR count). The van der Waals surface area contributed by atoms with Crippen molar-refractivity contribution in [3.63, 3.8) is 0 Å². The highest BCUT2D eigenvalue weighted by atomic mass is 31.2. The van der Waals surface area contributed by atoms with E-state index < -0.39 is 20.0 Å². The third-order valence-corrected chi connectivity index (χ3v) is 15.6. The van der Waals surface area contributed by atoms with E-state index in [0.29, 0.717) is 17.4 Å². The maximum Gasteiger partial charge on any atom is 0.268 e. The third-order valence-electron chi connectivity index (χ3n) is 14.7. The second-order valence-corrected chi connectivity index (χ2v) is 25.2. The number of phosphoric ester groups is 1. The van der Waals surface area contributed by atoms with Gasteiger partial charge in [0.25, 0.3) is 7.82 Å². The largest absolute Gasteiger partial charge is 0.756 e. The average Bonchev–Trinajstić information content (AvgIpc) is 3.47. The number of rotatable bonds is 61. The number of allylic oxidation sites excluding steroid dienone is 19. The fraction of sp³-hybridized carbons (Fsp3) is 0.712. The summed E-state index contributed by atoms with van der Waals surface area (Å²) in [5, 5.41) is 13.9. The van der Waals surface area contributed by atoms with Crippen LogP contribution in [0.5, 0.6) is 0 Å². The Morgan fingerprint density at radius 3 is 1.09 bits per heavy atom. The molecule has 9 heteroatoms. The van der Waals surface area contributed by atoms with Crippen molar-refractivity contribution in [3.8, 4) is 0 Å². The molecule has 0 fully saturated rings. The van der Waals surface area contributed by atoms with E-state index >= 15 is 0 Å². The highest BCUT2D eigenvalue weighted by Crippen LogP contribution is 2.38. The molecule has 0 spiro atoms. The second-order valence-electron chi connectivity index (χ2n) is 23.8. The molecule has 82 heavy (non-hydrogen) atoms. The molecule has 0 aromatic carbocycles. The van der Waals surface area contributed by atoms with Crippen molar-refractivity contribution in [2.24, 2.45) is 0 Å². The van der Waals surface area contributed by atoms with Crippen molar-refractivity contribution in [3.05, 3.63) is 122 Å². The average molecular weight is 1160 g/mol. The Balaban J connectivity index is 4.15. The first-order chi connectivity index (χ1) is 40.0. The van der Waals surface area contributed by atoms with E-state index in [2.05, 4.69) is 129 Å². The fourth-order valence-corrected chi connectivity index (χ4v) is 10.2. The molecular weight excluding hydrogens is 1030 g/mol. The Labute approximate surface area is 507 Å². The smallest absolute Gasteiger partial charge is 0.268 e. The monoisotopic (exact) mass is 1160 g/mol. The summed E-state index contributed by atoms with van der Waals surface area (Å²) in [5.74, 6) is -0.206. The van der Waals surface area contributed by atoms with Gasteiger partial charge in [-0.2, -0.15) is 0 Å². The van der Waals surface area contributed by atoms with Gasteiger partial charge in [-0.3, -0.25) is 9.36 Å². The first-order valence-electron chi connectivity index (χ1n) is 33.9. The molecule has 0 bridgehead atoms. The molecule has 0 heterocycles. The fourth-order valence-electron chi connectivity index (χ4n) is 9.44. The van der Waals surface area contributed by atoms with Crippen LogP contribution in [0.2, 0.25) is 0 Å². The van der Waals surface area contributed by atoms with Gasteiger partial charge in [0.05, 0.1) is 39.9 Å². The summed E-state index contributed by atoms with van der Waals surface area (Å²) in [6, 6.07) is -0.899. The number of nitrogens with one attached hydrogen (secondary N) is 1. The zero-order valence-electron chi connectivity index (χ0n) is 53.9. The summed E-state index contributed by atoms with van der Waals surface area (Å²) in [6.07, 6.45) is 93.0. The molecule has 0 aromatic heterocycles. The van der Waals surface area contributed by atoms with Crippen LogP contribution in [0, 0.1) is 0 Å². The lowest BCUT2D eigenvalue weighted by atomic mass is 10.0. The van der Waals surface area contributed by atoms with Crippen LogP contribution in [-0.4, -0.2) is 68.5 Å². The number of aliphatic hydroxyl groups is 1. The molecule has 0 aliphatic rings. The minimum absolute atomic E-state index is 0.00726. The Morgan fingerprint density at radius 1 is 0.439 bits per heavy atom. The predicted molar refractivity (Wildman–Crippen MR) is 357 cm³/mol. The van der Waals surface area contributed by atoms with Gasteiger partial charge < -0.3 is 28.8 Å². The van der Waals surface area contributed by atoms with Gasteiger partial charge in [0.2, 0.25) is 5.91 Å². The van der Waals surface area contributed by atoms with E-state index in [1.807, 2.05) is 27.2 Å². The normalized spacial score (nSPS) is 14.5. The highest BCUT2D eigenvalue weighted by molar-refractivity contribution is 7.45. The van der Waals surface area contributed by atoms with E-state index in [1.165, 1.54) is 154 Å². The SMILES string of the molecule is CC/C=C\C/C=C\C/C=C\C/C=C\C/C=C\C/C=C\C/C=C\C/C=C\C/C=C\CCCCCCCCCCCC(=O)NC(COP(=O)([O-])OCC[N+](C)(C)C)C(O)/C=C/CCCCCCCCCCCCCCCCCCCCCCC. The summed E-state index contributed by atoms with van der Waals surface area (Å²) in [7, 11) is 1.25. The van der Waals surface area contributed by atoms with E-state index in [4.69, 9.17) is 9.05 Å². The molecular formula is C73H129N2O6P. The summed E-state index contributed by atoms with van der Waals surface area (Å²) in [6.45, 7) is 4.55. The van der Waals surface area contributed by atoms with Gasteiger partial charge in [-0.05, 0) is 89.9 Å². The maximum absolute atomic E-state index is 13.0. The number of likely N-dealkylation sites (N-methyl/N-ethyl adjacent to an activating group) is 1. The van der Waals surface area contributed by atoms with Crippen molar-refractivity contribution in [2.45, 2.75) is 296 Å². The quantitative estimate of drug-likeness (QED) is 0.0272. The molecule has 0 saturated heterocycles. The topological polar surface area (TPSA) is 108 Å². The number of nitrogens with zero attached hydrogens (tertiary/aromatic N) is 1. The first-order valence-corrected chi connectivity index (χ1v) is 35.4. The number of amides is 1. The number of phosphoric acid groups is 1. The van der Waals surface area contributed by atoms with Crippen molar-refractivity contribution in [2.75, 3.05) is 40.9 Å². The van der Waals surface area contributed by atoms with Gasteiger partial charge >= 0.3 is 0 Å².